The van der Waals surface area contributed by atoms with Crippen molar-refractivity contribution in [3.05, 3.63) is 45.2 Å². The minimum atomic E-state index is -4.70. The molecule has 2 nitrogen and oxygen atoms in total. The van der Waals surface area contributed by atoms with Crippen molar-refractivity contribution >= 4 is 17.0 Å². The number of nitrogens with one attached hydrogen (secondary N) is 1. The second-order valence-corrected chi connectivity index (χ2v) is 5.58. The Labute approximate surface area is 117 Å². The summed E-state index contributed by atoms with van der Waals surface area (Å²) in [5, 5.41) is 3.76. The van der Waals surface area contributed by atoms with E-state index in [4.69, 9.17) is 0 Å². The summed E-state index contributed by atoms with van der Waals surface area (Å²) in [6.07, 6.45) is -4.70. The number of aryl methyl sites for hydroxylation is 2. The molecule has 0 aliphatic carbocycles. The van der Waals surface area contributed by atoms with Crippen molar-refractivity contribution in [3.8, 4) is 0 Å². The van der Waals surface area contributed by atoms with Crippen LogP contribution in [-0.4, -0.2) is 4.98 Å². The summed E-state index contributed by atoms with van der Waals surface area (Å²) in [5.41, 5.74) is -0.193. The number of thiazole rings is 1. The number of halogens is 4. The Morgan fingerprint density at radius 1 is 1.25 bits per heavy atom. The van der Waals surface area contributed by atoms with Crippen LogP contribution in [0.2, 0.25) is 0 Å². The van der Waals surface area contributed by atoms with Crippen LogP contribution >= 0.6 is 11.3 Å². The Kier molecular flexibility index (Phi) is 3.99. The van der Waals surface area contributed by atoms with Crippen LogP contribution in [0.1, 0.15) is 21.1 Å². The van der Waals surface area contributed by atoms with Crippen LogP contribution < -0.4 is 5.32 Å². The molecule has 0 saturated carbocycles. The molecule has 1 aromatic heterocycles. The fraction of sp³-hybridized carbons (Fsp3) is 0.308. The van der Waals surface area contributed by atoms with Crippen LogP contribution in [0.25, 0.3) is 0 Å². The van der Waals surface area contributed by atoms with Crippen LogP contribution in [0.4, 0.5) is 23.2 Å². The Balaban J connectivity index is 2.16. The standard InChI is InChI=1S/C13H12F4N2S/c1-7-12(20-8(2)19-7)6-18-9-3-4-11(14)10(5-9)13(15,16)17/h3-5,18H,6H2,1-2H3. The third kappa shape index (κ3) is 3.27. The molecule has 1 aromatic carbocycles. The summed E-state index contributed by atoms with van der Waals surface area (Å²) in [6, 6.07) is 2.88. The summed E-state index contributed by atoms with van der Waals surface area (Å²) in [6.45, 7) is 4.06. The van der Waals surface area contributed by atoms with E-state index >= 15 is 0 Å². The van der Waals surface area contributed by atoms with Gasteiger partial charge >= 0.3 is 6.18 Å². The first-order valence-electron chi connectivity index (χ1n) is 5.81. The number of benzene rings is 1. The molecule has 2 rings (SSSR count). The van der Waals surface area contributed by atoms with E-state index in [1.807, 2.05) is 13.8 Å². The molecule has 0 aliphatic heterocycles. The highest BCUT2D eigenvalue weighted by Gasteiger charge is 2.34. The second-order valence-electron chi connectivity index (χ2n) is 4.29. The summed E-state index contributed by atoms with van der Waals surface area (Å²) >= 11 is 1.48. The van der Waals surface area contributed by atoms with E-state index in [2.05, 4.69) is 10.3 Å². The van der Waals surface area contributed by atoms with Crippen molar-refractivity contribution < 1.29 is 17.6 Å². The van der Waals surface area contributed by atoms with Crippen molar-refractivity contribution in [2.75, 3.05) is 5.32 Å². The normalized spacial score (nSPS) is 11.7. The van der Waals surface area contributed by atoms with Crippen LogP contribution in [0, 0.1) is 19.7 Å². The number of hydrogen-bond acceptors (Lipinski definition) is 3. The lowest BCUT2D eigenvalue weighted by Gasteiger charge is -2.11. The first kappa shape index (κ1) is 14.8. The molecular weight excluding hydrogens is 292 g/mol. The van der Waals surface area contributed by atoms with Crippen molar-refractivity contribution in [1.29, 1.82) is 0 Å². The SMILES string of the molecule is Cc1nc(C)c(CNc2ccc(F)c(C(F)(F)F)c2)s1. The molecule has 0 atom stereocenters. The van der Waals surface area contributed by atoms with Gasteiger partial charge in [-0.05, 0) is 32.0 Å². The van der Waals surface area contributed by atoms with E-state index in [0.29, 0.717) is 6.54 Å². The lowest BCUT2D eigenvalue weighted by Crippen LogP contribution is -2.09. The molecule has 2 aromatic rings. The predicted molar refractivity (Wildman–Crippen MR) is 70.3 cm³/mol. The molecule has 0 saturated heterocycles. The molecule has 1 heterocycles. The predicted octanol–water partition coefficient (Wildman–Crippen LogP) is 4.53. The van der Waals surface area contributed by atoms with Gasteiger partial charge in [0, 0.05) is 10.6 Å². The van der Waals surface area contributed by atoms with Gasteiger partial charge in [0.05, 0.1) is 22.8 Å². The summed E-state index contributed by atoms with van der Waals surface area (Å²) in [7, 11) is 0. The molecule has 0 bridgehead atoms. The molecule has 0 unspecified atom stereocenters. The highest BCUT2D eigenvalue weighted by atomic mass is 32.1. The number of aromatic nitrogens is 1. The van der Waals surface area contributed by atoms with Crippen molar-refractivity contribution in [3.63, 3.8) is 0 Å². The Morgan fingerprint density at radius 3 is 2.50 bits per heavy atom. The summed E-state index contributed by atoms with van der Waals surface area (Å²) in [5.74, 6) is -1.27. The highest BCUT2D eigenvalue weighted by Crippen LogP contribution is 2.33. The molecule has 0 aliphatic rings. The average Bonchev–Trinajstić information content (AvgIpc) is 2.65. The van der Waals surface area contributed by atoms with E-state index in [0.717, 1.165) is 27.7 Å². The van der Waals surface area contributed by atoms with Crippen LogP contribution in [-0.2, 0) is 12.7 Å². The van der Waals surface area contributed by atoms with Gasteiger partial charge in [0.25, 0.3) is 0 Å². The van der Waals surface area contributed by atoms with Gasteiger partial charge < -0.3 is 5.32 Å². The highest BCUT2D eigenvalue weighted by molar-refractivity contribution is 7.11. The van der Waals surface area contributed by atoms with Gasteiger partial charge in [-0.15, -0.1) is 11.3 Å². The van der Waals surface area contributed by atoms with Gasteiger partial charge in [0.15, 0.2) is 0 Å². The number of anilines is 1. The zero-order valence-electron chi connectivity index (χ0n) is 10.8. The first-order chi connectivity index (χ1) is 9.27. The minimum Gasteiger partial charge on any atom is -0.380 e. The van der Waals surface area contributed by atoms with E-state index < -0.39 is 17.6 Å². The summed E-state index contributed by atoms with van der Waals surface area (Å²) in [4.78, 5) is 5.18. The molecule has 20 heavy (non-hydrogen) atoms. The molecule has 0 amide bonds. The molecular formula is C13H12F4N2S. The van der Waals surface area contributed by atoms with Gasteiger partial charge in [-0.25, -0.2) is 9.37 Å². The molecule has 1 N–H and O–H groups in total. The largest absolute Gasteiger partial charge is 0.419 e. The number of rotatable bonds is 3. The Hall–Kier alpha value is -1.63. The van der Waals surface area contributed by atoms with Crippen LogP contribution in [0.5, 0.6) is 0 Å². The smallest absolute Gasteiger partial charge is 0.380 e. The number of hydrogen-bond donors (Lipinski definition) is 1. The molecule has 7 heteroatoms. The third-order valence-corrected chi connectivity index (χ3v) is 3.80. The van der Waals surface area contributed by atoms with E-state index in [1.165, 1.54) is 17.4 Å². The maximum absolute atomic E-state index is 13.1. The molecule has 108 valence electrons. The third-order valence-electron chi connectivity index (χ3n) is 2.72. The fourth-order valence-electron chi connectivity index (χ4n) is 1.77. The maximum Gasteiger partial charge on any atom is 0.419 e. The minimum absolute atomic E-state index is 0.226. The lowest BCUT2D eigenvalue weighted by molar-refractivity contribution is -0.139. The van der Waals surface area contributed by atoms with E-state index in [9.17, 15) is 17.6 Å². The zero-order chi connectivity index (χ0) is 14.9. The molecule has 0 fully saturated rings. The van der Waals surface area contributed by atoms with Gasteiger partial charge in [-0.1, -0.05) is 0 Å². The van der Waals surface area contributed by atoms with Crippen molar-refractivity contribution in [1.82, 2.24) is 4.98 Å². The van der Waals surface area contributed by atoms with Crippen LogP contribution in [0.15, 0.2) is 18.2 Å². The second kappa shape index (κ2) is 5.40. The van der Waals surface area contributed by atoms with Gasteiger partial charge in [0.2, 0.25) is 0 Å². The lowest BCUT2D eigenvalue weighted by atomic mass is 10.2. The van der Waals surface area contributed by atoms with Gasteiger partial charge in [0.1, 0.15) is 5.82 Å². The van der Waals surface area contributed by atoms with Crippen molar-refractivity contribution in [2.24, 2.45) is 0 Å². The maximum atomic E-state index is 13.1. The average molecular weight is 304 g/mol. The Morgan fingerprint density at radius 2 is 1.95 bits per heavy atom. The molecule has 0 spiro atoms. The first-order valence-corrected chi connectivity index (χ1v) is 6.62. The molecule has 0 radical (unpaired) electrons. The topological polar surface area (TPSA) is 24.9 Å². The van der Waals surface area contributed by atoms with Gasteiger partial charge in [-0.2, -0.15) is 13.2 Å². The van der Waals surface area contributed by atoms with E-state index in [1.54, 1.807) is 0 Å². The monoisotopic (exact) mass is 304 g/mol. The quantitative estimate of drug-likeness (QED) is 0.843. The van der Waals surface area contributed by atoms with Gasteiger partial charge in [-0.3, -0.25) is 0 Å². The zero-order valence-corrected chi connectivity index (χ0v) is 11.6. The fourth-order valence-corrected chi connectivity index (χ4v) is 2.65. The van der Waals surface area contributed by atoms with Crippen molar-refractivity contribution in [2.45, 2.75) is 26.6 Å². The Bertz CT molecular complexity index is 619. The van der Waals surface area contributed by atoms with Crippen LogP contribution in [0.3, 0.4) is 0 Å². The number of nitrogens with zero attached hydrogens (tertiary/aromatic N) is 1. The number of alkyl halides is 3. The van der Waals surface area contributed by atoms with E-state index in [-0.39, 0.29) is 5.69 Å². The summed E-state index contributed by atoms with van der Waals surface area (Å²) < 4.78 is 50.9.